The lowest BCUT2D eigenvalue weighted by molar-refractivity contribution is 0.0539. The summed E-state index contributed by atoms with van der Waals surface area (Å²) in [4.78, 5) is 16.0. The van der Waals surface area contributed by atoms with Gasteiger partial charge in [-0.3, -0.25) is 0 Å². The molecule has 2 rings (SSSR count). The molecule has 0 unspecified atom stereocenters. The van der Waals surface area contributed by atoms with Gasteiger partial charge in [-0.2, -0.15) is 5.10 Å². The standard InChI is InChI=1S/C12H9BrClN3O2/c1-2-6-19-12(18)9-7-10(13)16-17(9)11-8(14)4-3-5-15-11/h2-5,7H,1,6H2. The van der Waals surface area contributed by atoms with Gasteiger partial charge in [0.15, 0.2) is 11.5 Å². The molecule has 0 spiro atoms. The Morgan fingerprint density at radius 1 is 1.63 bits per heavy atom. The lowest BCUT2D eigenvalue weighted by Gasteiger charge is -2.07. The Morgan fingerprint density at radius 2 is 2.42 bits per heavy atom. The maximum absolute atomic E-state index is 11.9. The van der Waals surface area contributed by atoms with E-state index in [2.05, 4.69) is 32.6 Å². The second-order valence-corrected chi connectivity index (χ2v) is 4.68. The van der Waals surface area contributed by atoms with E-state index in [0.29, 0.717) is 15.4 Å². The first-order chi connectivity index (χ1) is 9.13. The molecule has 2 heterocycles. The highest BCUT2D eigenvalue weighted by Gasteiger charge is 2.19. The summed E-state index contributed by atoms with van der Waals surface area (Å²) >= 11 is 9.25. The molecule has 2 aromatic heterocycles. The van der Waals surface area contributed by atoms with Crippen molar-refractivity contribution in [1.29, 1.82) is 0 Å². The summed E-state index contributed by atoms with van der Waals surface area (Å²) in [5.41, 5.74) is 0.231. The number of aromatic nitrogens is 3. The Balaban J connectivity index is 2.44. The Morgan fingerprint density at radius 3 is 3.11 bits per heavy atom. The van der Waals surface area contributed by atoms with Crippen LogP contribution in [0.3, 0.4) is 0 Å². The molecule has 0 bridgehead atoms. The zero-order valence-corrected chi connectivity index (χ0v) is 12.1. The Bertz CT molecular complexity index is 627. The summed E-state index contributed by atoms with van der Waals surface area (Å²) in [7, 11) is 0. The van der Waals surface area contributed by atoms with Gasteiger partial charge >= 0.3 is 5.97 Å². The third-order valence-corrected chi connectivity index (χ3v) is 2.84. The number of pyridine rings is 1. The average molecular weight is 343 g/mol. The number of rotatable bonds is 4. The van der Waals surface area contributed by atoms with Gasteiger partial charge in [-0.1, -0.05) is 24.3 Å². The van der Waals surface area contributed by atoms with Crippen LogP contribution in [0.25, 0.3) is 5.82 Å². The van der Waals surface area contributed by atoms with E-state index in [4.69, 9.17) is 16.3 Å². The van der Waals surface area contributed by atoms with Crippen LogP contribution in [-0.2, 0) is 4.74 Å². The number of nitrogens with zero attached hydrogens (tertiary/aromatic N) is 3. The molecule has 5 nitrogen and oxygen atoms in total. The highest BCUT2D eigenvalue weighted by Crippen LogP contribution is 2.21. The largest absolute Gasteiger partial charge is 0.457 e. The minimum atomic E-state index is -0.528. The Hall–Kier alpha value is -1.66. The summed E-state index contributed by atoms with van der Waals surface area (Å²) in [6.45, 7) is 3.61. The zero-order chi connectivity index (χ0) is 13.8. The molecule has 0 saturated heterocycles. The predicted molar refractivity (Wildman–Crippen MR) is 74.5 cm³/mol. The van der Waals surface area contributed by atoms with Gasteiger partial charge < -0.3 is 4.74 Å². The molecule has 0 aliphatic carbocycles. The van der Waals surface area contributed by atoms with Crippen LogP contribution in [0, 0.1) is 0 Å². The topological polar surface area (TPSA) is 57.0 Å². The molecule has 0 amide bonds. The lowest BCUT2D eigenvalue weighted by atomic mass is 10.4. The summed E-state index contributed by atoms with van der Waals surface area (Å²) in [5, 5.41) is 4.52. The number of carbonyl (C=O) groups is 1. The fraction of sp³-hybridized carbons (Fsp3) is 0.0833. The van der Waals surface area contributed by atoms with Gasteiger partial charge in [0.1, 0.15) is 11.2 Å². The molecule has 0 aliphatic rings. The van der Waals surface area contributed by atoms with E-state index in [1.165, 1.54) is 16.8 Å². The van der Waals surface area contributed by atoms with Crippen molar-refractivity contribution in [3.8, 4) is 5.82 Å². The van der Waals surface area contributed by atoms with Crippen molar-refractivity contribution in [2.24, 2.45) is 0 Å². The van der Waals surface area contributed by atoms with Crippen molar-refractivity contribution >= 4 is 33.5 Å². The normalized spacial score (nSPS) is 10.2. The molecule has 0 fully saturated rings. The van der Waals surface area contributed by atoms with Crippen molar-refractivity contribution < 1.29 is 9.53 Å². The van der Waals surface area contributed by atoms with Crippen LogP contribution in [0.4, 0.5) is 0 Å². The maximum Gasteiger partial charge on any atom is 0.357 e. The van der Waals surface area contributed by atoms with E-state index in [1.54, 1.807) is 18.3 Å². The van der Waals surface area contributed by atoms with E-state index >= 15 is 0 Å². The minimum Gasteiger partial charge on any atom is -0.457 e. The van der Waals surface area contributed by atoms with Crippen LogP contribution in [0.15, 0.2) is 41.7 Å². The molecule has 19 heavy (non-hydrogen) atoms. The molecular weight excluding hydrogens is 334 g/mol. The van der Waals surface area contributed by atoms with E-state index in [-0.39, 0.29) is 12.3 Å². The molecule has 0 aromatic carbocycles. The van der Waals surface area contributed by atoms with Crippen molar-refractivity contribution in [2.75, 3.05) is 6.61 Å². The molecule has 2 aromatic rings. The smallest absolute Gasteiger partial charge is 0.357 e. The van der Waals surface area contributed by atoms with Gasteiger partial charge in [0.25, 0.3) is 0 Å². The van der Waals surface area contributed by atoms with Crippen molar-refractivity contribution in [3.05, 3.63) is 52.4 Å². The van der Waals surface area contributed by atoms with E-state index < -0.39 is 5.97 Å². The zero-order valence-electron chi connectivity index (χ0n) is 9.72. The number of carbonyl (C=O) groups excluding carboxylic acids is 1. The monoisotopic (exact) mass is 341 g/mol. The van der Waals surface area contributed by atoms with Crippen LogP contribution in [-0.4, -0.2) is 27.3 Å². The van der Waals surface area contributed by atoms with Crippen LogP contribution < -0.4 is 0 Å². The highest BCUT2D eigenvalue weighted by molar-refractivity contribution is 9.10. The Labute approximate surface area is 123 Å². The molecule has 0 aliphatic heterocycles. The van der Waals surface area contributed by atoms with Gasteiger partial charge in [0, 0.05) is 12.3 Å². The molecule has 0 atom stereocenters. The molecule has 0 radical (unpaired) electrons. The van der Waals surface area contributed by atoms with Gasteiger partial charge in [0.2, 0.25) is 0 Å². The third-order valence-electron chi connectivity index (χ3n) is 2.16. The molecule has 7 heteroatoms. The second-order valence-electron chi connectivity index (χ2n) is 3.46. The third kappa shape index (κ3) is 3.02. The molecule has 0 N–H and O–H groups in total. The Kier molecular flexibility index (Phi) is 4.34. The highest BCUT2D eigenvalue weighted by atomic mass is 79.9. The van der Waals surface area contributed by atoms with Gasteiger partial charge in [0.05, 0.1) is 5.02 Å². The number of hydrogen-bond donors (Lipinski definition) is 0. The first-order valence-electron chi connectivity index (χ1n) is 5.28. The number of esters is 1. The predicted octanol–water partition coefficient (Wildman–Crippen LogP) is 3.03. The fourth-order valence-corrected chi connectivity index (χ4v) is 1.98. The van der Waals surface area contributed by atoms with Gasteiger partial charge in [-0.15, -0.1) is 0 Å². The molecule has 98 valence electrons. The van der Waals surface area contributed by atoms with E-state index in [9.17, 15) is 4.79 Å². The van der Waals surface area contributed by atoms with E-state index in [0.717, 1.165) is 0 Å². The van der Waals surface area contributed by atoms with Crippen LogP contribution >= 0.6 is 27.5 Å². The fourth-order valence-electron chi connectivity index (χ4n) is 1.40. The summed E-state index contributed by atoms with van der Waals surface area (Å²) < 4.78 is 6.80. The average Bonchev–Trinajstić information content (AvgIpc) is 2.78. The number of ether oxygens (including phenoxy) is 1. The van der Waals surface area contributed by atoms with Crippen LogP contribution in [0.5, 0.6) is 0 Å². The first kappa shape index (κ1) is 13.8. The maximum atomic E-state index is 11.9. The van der Waals surface area contributed by atoms with Crippen molar-refractivity contribution in [1.82, 2.24) is 14.8 Å². The number of hydrogen-bond acceptors (Lipinski definition) is 4. The van der Waals surface area contributed by atoms with E-state index in [1.807, 2.05) is 0 Å². The summed E-state index contributed by atoms with van der Waals surface area (Å²) in [6, 6.07) is 4.90. The second kappa shape index (κ2) is 5.99. The van der Waals surface area contributed by atoms with Crippen molar-refractivity contribution in [2.45, 2.75) is 0 Å². The molecular formula is C12H9BrClN3O2. The van der Waals surface area contributed by atoms with Gasteiger partial charge in [-0.05, 0) is 28.1 Å². The first-order valence-corrected chi connectivity index (χ1v) is 6.45. The molecule has 0 saturated carbocycles. The summed E-state index contributed by atoms with van der Waals surface area (Å²) in [5.74, 6) is -0.166. The summed E-state index contributed by atoms with van der Waals surface area (Å²) in [6.07, 6.45) is 3.05. The SMILES string of the molecule is C=CCOC(=O)c1cc(Br)nn1-c1ncccc1Cl. The van der Waals surface area contributed by atoms with Crippen LogP contribution in [0.2, 0.25) is 5.02 Å². The lowest BCUT2D eigenvalue weighted by Crippen LogP contribution is -2.13. The quantitative estimate of drug-likeness (QED) is 0.633. The number of halogens is 2. The van der Waals surface area contributed by atoms with Gasteiger partial charge in [-0.25, -0.2) is 14.5 Å². The minimum absolute atomic E-state index is 0.123. The van der Waals surface area contributed by atoms with Crippen LogP contribution in [0.1, 0.15) is 10.5 Å². The van der Waals surface area contributed by atoms with Crippen molar-refractivity contribution in [3.63, 3.8) is 0 Å².